The Morgan fingerprint density at radius 3 is 2.72 bits per heavy atom. The van der Waals surface area contributed by atoms with E-state index >= 15 is 0 Å². The van der Waals surface area contributed by atoms with E-state index in [1.54, 1.807) is 12.3 Å². The molecule has 4 atom stereocenters. The smallest absolute Gasteiger partial charge is 0.292 e. The van der Waals surface area contributed by atoms with Crippen LogP contribution in [0.5, 0.6) is 0 Å². The SMILES string of the molecule is [15NH2]C(=O)c1ccc[n+]([13CH]2O[13CH]([13CH2]O)[13CH](O)[13CH]2O)c1. The van der Waals surface area contributed by atoms with Gasteiger partial charge in [0.1, 0.15) is 17.8 Å². The van der Waals surface area contributed by atoms with Gasteiger partial charge in [-0.1, -0.05) is 0 Å². The lowest BCUT2D eigenvalue weighted by Crippen LogP contribution is -2.46. The monoisotopic (exact) mass is 261 g/mol. The zero-order valence-electron chi connectivity index (χ0n) is 9.51. The summed E-state index contributed by atoms with van der Waals surface area (Å²) in [4.78, 5) is 11.1. The lowest BCUT2D eigenvalue weighted by Gasteiger charge is -2.09. The molecule has 7 nitrogen and oxygen atoms in total. The number of aromatic nitrogens is 1. The van der Waals surface area contributed by atoms with Gasteiger partial charge < -0.3 is 25.8 Å². The van der Waals surface area contributed by atoms with Gasteiger partial charge in [0, 0.05) is 6.07 Å². The van der Waals surface area contributed by atoms with E-state index in [9.17, 15) is 15.0 Å². The van der Waals surface area contributed by atoms with E-state index < -0.39 is 37.1 Å². The third kappa shape index (κ3) is 2.21. The van der Waals surface area contributed by atoms with Gasteiger partial charge >= 0.3 is 0 Å². The van der Waals surface area contributed by atoms with E-state index in [2.05, 4.69) is 0 Å². The van der Waals surface area contributed by atoms with Gasteiger partial charge in [-0.25, -0.2) is 0 Å². The molecule has 5 N–H and O–H groups in total. The molecular formula is C11H15N2O5+. The van der Waals surface area contributed by atoms with Crippen molar-refractivity contribution in [2.24, 2.45) is 5.73 Å². The van der Waals surface area contributed by atoms with Gasteiger partial charge in [0.25, 0.3) is 12.1 Å². The second kappa shape index (κ2) is 4.99. The first-order valence-corrected chi connectivity index (χ1v) is 5.47. The fraction of sp³-hybridized carbons (Fsp3) is 0.455. The van der Waals surface area contributed by atoms with Gasteiger partial charge in [-0.2, -0.15) is 4.57 Å². The van der Waals surface area contributed by atoms with Crippen LogP contribution in [0.1, 0.15) is 16.6 Å². The van der Waals surface area contributed by atoms with Crippen LogP contribution < -0.4 is 10.3 Å². The highest BCUT2D eigenvalue weighted by atomic mass is 16.8. The Morgan fingerprint density at radius 1 is 1.44 bits per heavy atom. The molecule has 0 aromatic carbocycles. The van der Waals surface area contributed by atoms with Crippen molar-refractivity contribution in [1.82, 2.24) is 0 Å². The number of rotatable bonds is 3. The quantitative estimate of drug-likeness (QED) is 0.277. The van der Waals surface area contributed by atoms with E-state index in [1.165, 1.54) is 16.8 Å². The molecule has 0 saturated carbocycles. The molecule has 2 rings (SSSR count). The van der Waals surface area contributed by atoms with Crippen molar-refractivity contribution in [2.75, 3.05) is 6.61 Å². The summed E-state index contributed by atoms with van der Waals surface area (Å²) in [5.41, 5.74) is 5.41. The molecule has 98 valence electrons. The lowest BCUT2D eigenvalue weighted by atomic mass is 10.3. The van der Waals surface area contributed by atoms with E-state index in [0.29, 0.717) is 0 Å². The van der Waals surface area contributed by atoms with Gasteiger partial charge in [-0.3, -0.25) is 4.79 Å². The zero-order valence-corrected chi connectivity index (χ0v) is 9.51. The summed E-state index contributed by atoms with van der Waals surface area (Å²) >= 11 is 0. The molecule has 1 aromatic rings. The van der Waals surface area contributed by atoms with Crippen LogP contribution in [-0.4, -0.2) is 46.1 Å². The van der Waals surface area contributed by atoms with Crippen molar-refractivity contribution in [3.05, 3.63) is 30.1 Å². The third-order valence-corrected chi connectivity index (χ3v) is 2.92. The number of amides is 1. The normalized spacial score (nSPS) is 31.5. The Labute approximate surface area is 103 Å². The Bertz CT molecular complexity index is 453. The van der Waals surface area contributed by atoms with E-state index in [1.807, 2.05) is 0 Å². The maximum absolute atomic E-state index is 11.1. The minimum atomic E-state index is -1.18. The molecule has 1 aliphatic rings. The van der Waals surface area contributed by atoms with Gasteiger partial charge in [-0.15, -0.1) is 0 Å². The summed E-state index contributed by atoms with van der Waals surface area (Å²) in [5.74, 6) is -0.601. The van der Waals surface area contributed by atoms with Crippen LogP contribution in [0.25, 0.3) is 0 Å². The third-order valence-electron chi connectivity index (χ3n) is 2.92. The molecule has 2 heterocycles. The summed E-state index contributed by atoms with van der Waals surface area (Å²) < 4.78 is 6.75. The summed E-state index contributed by atoms with van der Waals surface area (Å²) in [7, 11) is 0. The Morgan fingerprint density at radius 2 is 2.17 bits per heavy atom. The fourth-order valence-corrected chi connectivity index (χ4v) is 1.92. The predicted octanol–water partition coefficient (Wildman–Crippen LogP) is -2.32. The lowest BCUT2D eigenvalue weighted by molar-refractivity contribution is -0.765. The van der Waals surface area contributed by atoms with Crippen LogP contribution in [0.3, 0.4) is 0 Å². The highest BCUT2D eigenvalue weighted by Crippen LogP contribution is 2.24. The number of nitrogens with zero attached hydrogens (tertiary/aromatic N) is 1. The molecule has 1 amide bonds. The molecule has 0 spiro atoms. The number of nitrogens with two attached hydrogens (primary N) is 1. The number of aliphatic hydroxyl groups excluding tert-OH is 3. The Balaban J connectivity index is 2.27. The Hall–Kier alpha value is -1.54. The molecule has 1 saturated heterocycles. The van der Waals surface area contributed by atoms with Gasteiger partial charge in [0.2, 0.25) is 0 Å². The van der Waals surface area contributed by atoms with Gasteiger partial charge in [-0.05, 0) is 6.07 Å². The molecule has 1 aromatic heterocycles. The zero-order chi connectivity index (χ0) is 13.3. The second-order valence-electron chi connectivity index (χ2n) is 4.13. The van der Waals surface area contributed by atoms with Crippen molar-refractivity contribution in [3.63, 3.8) is 0 Å². The number of primary amides is 1. The summed E-state index contributed by atoms with van der Waals surface area (Å²) in [6, 6.07) is 3.11. The van der Waals surface area contributed by atoms with Crippen LogP contribution in [0, 0.1) is 0 Å². The highest BCUT2D eigenvalue weighted by molar-refractivity contribution is 5.92. The fourth-order valence-electron chi connectivity index (χ4n) is 1.92. The van der Waals surface area contributed by atoms with Crippen molar-refractivity contribution in [2.45, 2.75) is 24.5 Å². The van der Waals surface area contributed by atoms with Crippen LogP contribution >= 0.6 is 0 Å². The summed E-state index contributed by atoms with van der Waals surface area (Å²) in [5, 5.41) is 28.4. The molecule has 18 heavy (non-hydrogen) atoms. The van der Waals surface area contributed by atoms with Crippen molar-refractivity contribution < 1.29 is 29.4 Å². The number of hydrogen-bond donors (Lipinski definition) is 4. The molecular weight excluding hydrogens is 246 g/mol. The van der Waals surface area contributed by atoms with Crippen LogP contribution in [-0.2, 0) is 4.74 Å². The van der Waals surface area contributed by atoms with E-state index in [-0.39, 0.29) is 5.56 Å². The number of hydrogen-bond acceptors (Lipinski definition) is 5. The first-order chi connectivity index (χ1) is 8.54. The van der Waals surface area contributed by atoms with E-state index in [0.717, 1.165) is 0 Å². The van der Waals surface area contributed by atoms with E-state index in [4.69, 9.17) is 15.6 Å². The second-order valence-corrected chi connectivity index (χ2v) is 4.13. The van der Waals surface area contributed by atoms with Crippen molar-refractivity contribution in [3.8, 4) is 0 Å². The predicted molar refractivity (Wildman–Crippen MR) is 58.2 cm³/mol. The number of pyridine rings is 1. The Kier molecular flexibility index (Phi) is 3.58. The number of carbonyl (C=O) groups is 1. The number of ether oxygens (including phenoxy) is 1. The average molecular weight is 261 g/mol. The molecule has 0 bridgehead atoms. The van der Waals surface area contributed by atoms with Crippen LogP contribution in [0.2, 0.25) is 0 Å². The number of carbonyl (C=O) groups excluding carboxylic acids is 1. The highest BCUT2D eigenvalue weighted by Gasteiger charge is 2.47. The first-order valence-electron chi connectivity index (χ1n) is 5.47. The van der Waals surface area contributed by atoms with Crippen molar-refractivity contribution >= 4 is 5.91 Å². The molecule has 7 heteroatoms. The van der Waals surface area contributed by atoms with Gasteiger partial charge in [0.15, 0.2) is 18.5 Å². The minimum Gasteiger partial charge on any atom is -0.394 e. The van der Waals surface area contributed by atoms with Crippen molar-refractivity contribution in [1.29, 1.82) is 0 Å². The molecule has 4 unspecified atom stereocenters. The summed E-state index contributed by atoms with van der Waals surface area (Å²) in [6.07, 6.45) is -1.08. The summed E-state index contributed by atoms with van der Waals surface area (Å²) in [6.45, 7) is -0.398. The largest absolute Gasteiger partial charge is 0.394 e. The standard InChI is InChI=1S/C11H14N2O5/c12-10(17)6-2-1-3-13(4-6)11-9(16)8(15)7(5-14)18-11/h1-4,7-9,11,14-16H,5H2,(H-,12,17)/p+1/i5+1,7+1,8+1,9+1,11+1,12+1. The first kappa shape index (κ1) is 12.9. The number of aliphatic hydroxyl groups is 3. The van der Waals surface area contributed by atoms with Crippen LogP contribution in [0.15, 0.2) is 24.5 Å². The molecule has 0 aliphatic carbocycles. The molecule has 0 radical (unpaired) electrons. The molecule has 1 fully saturated rings. The van der Waals surface area contributed by atoms with Crippen LogP contribution in [0.4, 0.5) is 0 Å². The maximum Gasteiger partial charge on any atom is 0.292 e. The maximum atomic E-state index is 11.1. The topological polar surface area (TPSA) is 117 Å². The van der Waals surface area contributed by atoms with Gasteiger partial charge in [0.05, 0.1) is 6.61 Å². The molecule has 1 aliphatic heterocycles. The average Bonchev–Trinajstić information content (AvgIpc) is 2.66. The minimum absolute atomic E-state index is 0.259.